The normalized spacial score (nSPS) is 45.6. The molecule has 0 unspecified atom stereocenters. The number of carbonyl (C=O) groups is 1. The smallest absolute Gasteiger partial charge is 0.303 e. The van der Waals surface area contributed by atoms with E-state index in [1.807, 2.05) is 7.11 Å². The van der Waals surface area contributed by atoms with Crippen molar-refractivity contribution >= 4 is 5.97 Å². The van der Waals surface area contributed by atoms with Gasteiger partial charge in [0.15, 0.2) is 0 Å². The first-order valence-electron chi connectivity index (χ1n) is 8.19. The maximum Gasteiger partial charge on any atom is 0.303 e. The van der Waals surface area contributed by atoms with Gasteiger partial charge in [0, 0.05) is 20.5 Å². The van der Waals surface area contributed by atoms with Gasteiger partial charge < -0.3 is 9.47 Å². The van der Waals surface area contributed by atoms with Gasteiger partial charge in [0.1, 0.15) is 5.60 Å². The van der Waals surface area contributed by atoms with Crippen LogP contribution in [-0.2, 0) is 14.3 Å². The van der Waals surface area contributed by atoms with Crippen LogP contribution >= 0.6 is 0 Å². The highest BCUT2D eigenvalue weighted by Gasteiger charge is 2.64. The second-order valence-electron chi connectivity index (χ2n) is 7.78. The van der Waals surface area contributed by atoms with Gasteiger partial charge in [-0.1, -0.05) is 19.8 Å². The van der Waals surface area contributed by atoms with E-state index in [-0.39, 0.29) is 17.2 Å². The molecule has 0 aliphatic heterocycles. The Morgan fingerprint density at radius 3 is 2.50 bits per heavy atom. The van der Waals surface area contributed by atoms with Gasteiger partial charge in [0.05, 0.1) is 5.60 Å². The molecule has 0 N–H and O–H groups in total. The Morgan fingerprint density at radius 1 is 1.15 bits per heavy atom. The molecule has 114 valence electrons. The van der Waals surface area contributed by atoms with Gasteiger partial charge in [-0.2, -0.15) is 0 Å². The molecule has 0 amide bonds. The number of ether oxygens (including phenoxy) is 2. The highest BCUT2D eigenvalue weighted by molar-refractivity contribution is 5.66. The zero-order valence-corrected chi connectivity index (χ0v) is 13.2. The summed E-state index contributed by atoms with van der Waals surface area (Å²) >= 11 is 0. The van der Waals surface area contributed by atoms with Gasteiger partial charge in [-0.25, -0.2) is 0 Å². The zero-order chi connectivity index (χ0) is 14.4. The van der Waals surface area contributed by atoms with E-state index in [1.165, 1.54) is 38.5 Å². The maximum atomic E-state index is 11.6. The molecule has 0 heterocycles. The average molecular weight is 280 g/mol. The summed E-state index contributed by atoms with van der Waals surface area (Å²) in [5, 5.41) is 0. The van der Waals surface area contributed by atoms with Crippen molar-refractivity contribution in [3.05, 3.63) is 0 Å². The summed E-state index contributed by atoms with van der Waals surface area (Å²) in [7, 11) is 1.85. The van der Waals surface area contributed by atoms with Crippen LogP contribution in [0.4, 0.5) is 0 Å². The minimum Gasteiger partial charge on any atom is -0.459 e. The van der Waals surface area contributed by atoms with E-state index in [9.17, 15) is 4.79 Å². The van der Waals surface area contributed by atoms with Crippen molar-refractivity contribution in [2.24, 2.45) is 11.3 Å². The van der Waals surface area contributed by atoms with Gasteiger partial charge >= 0.3 is 5.97 Å². The van der Waals surface area contributed by atoms with Crippen molar-refractivity contribution in [1.82, 2.24) is 0 Å². The molecule has 0 spiro atoms. The molecule has 4 aliphatic carbocycles. The first-order chi connectivity index (χ1) is 9.44. The molecule has 0 radical (unpaired) electrons. The van der Waals surface area contributed by atoms with Gasteiger partial charge in [-0.15, -0.1) is 0 Å². The third-order valence-electron chi connectivity index (χ3n) is 5.94. The lowest BCUT2D eigenvalue weighted by atomic mass is 9.45. The average Bonchev–Trinajstić information content (AvgIpc) is 2.33. The summed E-state index contributed by atoms with van der Waals surface area (Å²) < 4.78 is 11.8. The fraction of sp³-hybridized carbons (Fsp3) is 0.941. The molecule has 20 heavy (non-hydrogen) atoms. The summed E-state index contributed by atoms with van der Waals surface area (Å²) in [6.07, 6.45) is 10.5. The Labute approximate surface area is 122 Å². The van der Waals surface area contributed by atoms with Crippen molar-refractivity contribution < 1.29 is 14.3 Å². The number of methoxy groups -OCH3 is 1. The van der Waals surface area contributed by atoms with Crippen LogP contribution in [0.3, 0.4) is 0 Å². The Morgan fingerprint density at radius 2 is 1.85 bits per heavy atom. The molecule has 0 aromatic heterocycles. The lowest BCUT2D eigenvalue weighted by Crippen LogP contribution is -2.64. The SMILES string of the molecule is CCCC[C@]12C[C@@H]3C[C@](OC)(C1)C[C@@](OC(C)=O)(C3)C2. The largest absolute Gasteiger partial charge is 0.459 e. The number of esters is 1. The third kappa shape index (κ3) is 2.28. The molecule has 4 atom stereocenters. The van der Waals surface area contributed by atoms with E-state index in [2.05, 4.69) is 6.92 Å². The number of hydrogen-bond acceptors (Lipinski definition) is 3. The Kier molecular flexibility index (Phi) is 3.39. The van der Waals surface area contributed by atoms with Crippen molar-refractivity contribution in [3.8, 4) is 0 Å². The summed E-state index contributed by atoms with van der Waals surface area (Å²) in [4.78, 5) is 11.6. The quantitative estimate of drug-likeness (QED) is 0.718. The van der Waals surface area contributed by atoms with Gasteiger partial charge in [0.25, 0.3) is 0 Å². The summed E-state index contributed by atoms with van der Waals surface area (Å²) in [5.41, 5.74) is 0.110. The lowest BCUT2D eigenvalue weighted by Gasteiger charge is -2.65. The molecular formula is C17H28O3. The van der Waals surface area contributed by atoms with Crippen molar-refractivity contribution in [2.75, 3.05) is 7.11 Å². The molecular weight excluding hydrogens is 252 g/mol. The Hall–Kier alpha value is -0.570. The van der Waals surface area contributed by atoms with E-state index in [0.29, 0.717) is 11.3 Å². The van der Waals surface area contributed by atoms with Gasteiger partial charge in [-0.05, 0) is 49.9 Å². The zero-order valence-electron chi connectivity index (χ0n) is 13.2. The van der Waals surface area contributed by atoms with Crippen LogP contribution < -0.4 is 0 Å². The number of rotatable bonds is 5. The predicted octanol–water partition coefficient (Wildman–Crippen LogP) is 3.85. The van der Waals surface area contributed by atoms with Crippen LogP contribution in [0.2, 0.25) is 0 Å². The lowest BCUT2D eigenvalue weighted by molar-refractivity contribution is -0.250. The van der Waals surface area contributed by atoms with E-state index < -0.39 is 0 Å². The molecule has 0 saturated heterocycles. The van der Waals surface area contributed by atoms with Crippen molar-refractivity contribution in [1.29, 1.82) is 0 Å². The van der Waals surface area contributed by atoms with Gasteiger partial charge in [-0.3, -0.25) is 4.79 Å². The molecule has 0 aromatic rings. The van der Waals surface area contributed by atoms with Gasteiger partial charge in [0.2, 0.25) is 0 Å². The van der Waals surface area contributed by atoms with E-state index >= 15 is 0 Å². The second-order valence-corrected chi connectivity index (χ2v) is 7.78. The van der Waals surface area contributed by atoms with Crippen LogP contribution in [0.15, 0.2) is 0 Å². The van der Waals surface area contributed by atoms with Crippen LogP contribution in [-0.4, -0.2) is 24.3 Å². The predicted molar refractivity (Wildman–Crippen MR) is 77.4 cm³/mol. The Balaban J connectivity index is 1.90. The summed E-state index contributed by atoms with van der Waals surface area (Å²) in [6.45, 7) is 3.81. The van der Waals surface area contributed by atoms with E-state index in [0.717, 1.165) is 19.3 Å². The fourth-order valence-electron chi connectivity index (χ4n) is 5.93. The molecule has 4 aliphatic rings. The monoisotopic (exact) mass is 280 g/mol. The standard InChI is InChI=1S/C17H28O3/c1-4-5-6-15-7-14-8-16(10-15,19-3)12-17(9-14,11-15)20-13(2)18/h14H,4-12H2,1-3H3/t14-,15+,16+,17-/m1/s1. The molecule has 3 heteroatoms. The molecule has 0 aromatic carbocycles. The summed E-state index contributed by atoms with van der Waals surface area (Å²) in [6, 6.07) is 0. The molecule has 4 bridgehead atoms. The van der Waals surface area contributed by atoms with Crippen LogP contribution in [0, 0.1) is 11.3 Å². The van der Waals surface area contributed by atoms with Crippen molar-refractivity contribution in [2.45, 2.75) is 82.8 Å². The van der Waals surface area contributed by atoms with E-state index in [1.54, 1.807) is 6.92 Å². The second kappa shape index (κ2) is 4.72. The summed E-state index contributed by atoms with van der Waals surface area (Å²) in [5.74, 6) is 0.561. The first-order valence-corrected chi connectivity index (χ1v) is 8.19. The minimum atomic E-state index is -0.227. The number of carbonyl (C=O) groups excluding carboxylic acids is 1. The van der Waals surface area contributed by atoms with Crippen LogP contribution in [0.25, 0.3) is 0 Å². The van der Waals surface area contributed by atoms with Crippen LogP contribution in [0.1, 0.15) is 71.6 Å². The minimum absolute atomic E-state index is 0.0252. The molecule has 4 fully saturated rings. The Bertz CT molecular complexity index is 407. The molecule has 4 rings (SSSR count). The first kappa shape index (κ1) is 14.4. The van der Waals surface area contributed by atoms with Crippen LogP contribution in [0.5, 0.6) is 0 Å². The topological polar surface area (TPSA) is 35.5 Å². The molecule has 3 nitrogen and oxygen atoms in total. The fourth-order valence-corrected chi connectivity index (χ4v) is 5.93. The molecule has 4 saturated carbocycles. The number of hydrogen-bond donors (Lipinski definition) is 0. The number of unbranched alkanes of at least 4 members (excludes halogenated alkanes) is 1. The highest BCUT2D eigenvalue weighted by Crippen LogP contribution is 2.66. The van der Waals surface area contributed by atoms with E-state index in [4.69, 9.17) is 9.47 Å². The third-order valence-corrected chi connectivity index (χ3v) is 5.94. The van der Waals surface area contributed by atoms with Crippen molar-refractivity contribution in [3.63, 3.8) is 0 Å². The highest BCUT2D eigenvalue weighted by atomic mass is 16.6. The maximum absolute atomic E-state index is 11.6.